The molecule has 2 heterocycles. The summed E-state index contributed by atoms with van der Waals surface area (Å²) in [6.07, 6.45) is 0. The maximum absolute atomic E-state index is 14.0. The van der Waals surface area contributed by atoms with Gasteiger partial charge < -0.3 is 4.74 Å². The Kier molecular flexibility index (Phi) is 2.75. The number of nitrogens with zero attached hydrogens (tertiary/aromatic N) is 2. The zero-order valence-electron chi connectivity index (χ0n) is 9.87. The van der Waals surface area contributed by atoms with E-state index in [0.29, 0.717) is 12.3 Å². The van der Waals surface area contributed by atoms with Crippen molar-refractivity contribution < 1.29 is 9.13 Å². The Bertz CT molecular complexity index is 510. The van der Waals surface area contributed by atoms with Gasteiger partial charge in [0, 0.05) is 24.4 Å². The van der Waals surface area contributed by atoms with Crippen molar-refractivity contribution in [3.8, 4) is 0 Å². The number of aryl methyl sites for hydroxylation is 1. The third kappa shape index (κ3) is 1.85. The lowest BCUT2D eigenvalue weighted by Crippen LogP contribution is -2.10. The number of methoxy groups -OCH3 is 1. The second kappa shape index (κ2) is 3.82. The molecule has 2 rings (SSSR count). The van der Waals surface area contributed by atoms with Crippen LogP contribution in [0.3, 0.4) is 0 Å². The summed E-state index contributed by atoms with van der Waals surface area (Å²) in [6.45, 7) is 3.62. The van der Waals surface area contributed by atoms with Gasteiger partial charge in [-0.2, -0.15) is 5.10 Å². The van der Waals surface area contributed by atoms with Crippen LogP contribution < -0.4 is 0 Å². The molecule has 0 atom stereocenters. The van der Waals surface area contributed by atoms with E-state index < -0.39 is 5.67 Å². The molecule has 3 nitrogen and oxygen atoms in total. The van der Waals surface area contributed by atoms with Gasteiger partial charge in [-0.3, -0.25) is 4.68 Å². The van der Waals surface area contributed by atoms with Gasteiger partial charge in [-0.1, -0.05) is 0 Å². The van der Waals surface area contributed by atoms with E-state index in [4.69, 9.17) is 4.74 Å². The predicted octanol–water partition coefficient (Wildman–Crippen LogP) is 2.99. The molecule has 0 bridgehead atoms. The lowest BCUT2D eigenvalue weighted by Gasteiger charge is -2.10. The summed E-state index contributed by atoms with van der Waals surface area (Å²) in [6, 6.07) is 1.97. The molecule has 88 valence electrons. The van der Waals surface area contributed by atoms with Crippen molar-refractivity contribution >= 4 is 21.6 Å². The molecular weight excluding hydrogens is 227 g/mol. The van der Waals surface area contributed by atoms with Crippen LogP contribution in [0.2, 0.25) is 0 Å². The highest BCUT2D eigenvalue weighted by molar-refractivity contribution is 7.18. The summed E-state index contributed by atoms with van der Waals surface area (Å²) in [7, 11) is 3.49. The number of aromatic nitrogens is 2. The zero-order chi connectivity index (χ0) is 11.9. The van der Waals surface area contributed by atoms with Crippen molar-refractivity contribution in [2.24, 2.45) is 7.05 Å². The molecule has 0 spiro atoms. The molecule has 0 unspecified atom stereocenters. The Morgan fingerprint density at radius 1 is 1.56 bits per heavy atom. The summed E-state index contributed by atoms with van der Waals surface area (Å²) < 4.78 is 20.8. The van der Waals surface area contributed by atoms with Gasteiger partial charge in [-0.25, -0.2) is 4.39 Å². The molecule has 0 amide bonds. The average Bonchev–Trinajstić information content (AvgIpc) is 2.66. The molecule has 0 aliphatic rings. The standard InChI is InChI=1S/C11H15FN2OS/c1-11(2,12)9-8-5-7(6-15-4)16-10(8)14(3)13-9/h5H,6H2,1-4H3. The number of alkyl halides is 1. The van der Waals surface area contributed by atoms with Gasteiger partial charge in [0.25, 0.3) is 0 Å². The predicted molar refractivity (Wildman–Crippen MR) is 63.4 cm³/mol. The van der Waals surface area contributed by atoms with Crippen LogP contribution in [0.15, 0.2) is 6.07 Å². The maximum Gasteiger partial charge on any atom is 0.149 e. The van der Waals surface area contributed by atoms with Gasteiger partial charge in [0.1, 0.15) is 16.2 Å². The molecule has 16 heavy (non-hydrogen) atoms. The normalized spacial score (nSPS) is 12.6. The van der Waals surface area contributed by atoms with Gasteiger partial charge in [0.15, 0.2) is 0 Å². The monoisotopic (exact) mass is 242 g/mol. The smallest absolute Gasteiger partial charge is 0.149 e. The zero-order valence-corrected chi connectivity index (χ0v) is 10.7. The van der Waals surface area contributed by atoms with Crippen molar-refractivity contribution in [3.63, 3.8) is 0 Å². The molecule has 0 saturated carbocycles. The van der Waals surface area contributed by atoms with E-state index in [0.717, 1.165) is 15.1 Å². The van der Waals surface area contributed by atoms with Crippen LogP contribution in [0.25, 0.3) is 10.2 Å². The second-order valence-corrected chi connectivity index (χ2v) is 5.42. The number of ether oxygens (including phenoxy) is 1. The highest BCUT2D eigenvalue weighted by atomic mass is 32.1. The minimum Gasteiger partial charge on any atom is -0.379 e. The Hall–Kier alpha value is -0.940. The molecule has 5 heteroatoms. The minimum absolute atomic E-state index is 0.503. The van der Waals surface area contributed by atoms with E-state index in [2.05, 4.69) is 5.10 Å². The molecular formula is C11H15FN2OS. The number of hydrogen-bond acceptors (Lipinski definition) is 3. The summed E-state index contributed by atoms with van der Waals surface area (Å²) >= 11 is 1.59. The van der Waals surface area contributed by atoms with Crippen molar-refractivity contribution in [1.29, 1.82) is 0 Å². The van der Waals surface area contributed by atoms with Crippen LogP contribution >= 0.6 is 11.3 Å². The van der Waals surface area contributed by atoms with Gasteiger partial charge in [0.2, 0.25) is 0 Å². The van der Waals surface area contributed by atoms with E-state index in [9.17, 15) is 4.39 Å². The van der Waals surface area contributed by atoms with Crippen molar-refractivity contribution in [3.05, 3.63) is 16.6 Å². The van der Waals surface area contributed by atoms with Crippen molar-refractivity contribution in [2.75, 3.05) is 7.11 Å². The molecule has 0 N–H and O–H groups in total. The van der Waals surface area contributed by atoms with Crippen LogP contribution in [0.1, 0.15) is 24.4 Å². The highest BCUT2D eigenvalue weighted by Crippen LogP contribution is 2.35. The SMILES string of the molecule is COCc1cc2c(C(C)(C)F)nn(C)c2s1. The molecule has 0 saturated heterocycles. The number of fused-ring (bicyclic) bond motifs is 1. The Labute approximate surface area is 97.8 Å². The average molecular weight is 242 g/mol. The van der Waals surface area contributed by atoms with Crippen LogP contribution in [-0.4, -0.2) is 16.9 Å². The van der Waals surface area contributed by atoms with E-state index in [1.807, 2.05) is 13.1 Å². The van der Waals surface area contributed by atoms with Gasteiger partial charge in [0.05, 0.1) is 6.61 Å². The number of halogens is 1. The van der Waals surface area contributed by atoms with E-state index in [1.165, 1.54) is 13.8 Å². The molecule has 2 aromatic rings. The fourth-order valence-corrected chi connectivity index (χ4v) is 2.78. The minimum atomic E-state index is -1.41. The van der Waals surface area contributed by atoms with Gasteiger partial charge in [-0.15, -0.1) is 11.3 Å². The molecule has 2 aromatic heterocycles. The molecule has 0 fully saturated rings. The molecule has 0 aliphatic heterocycles. The fourth-order valence-electron chi connectivity index (χ4n) is 1.74. The molecule has 0 aromatic carbocycles. The highest BCUT2D eigenvalue weighted by Gasteiger charge is 2.27. The van der Waals surface area contributed by atoms with E-state index >= 15 is 0 Å². The lowest BCUT2D eigenvalue weighted by molar-refractivity contribution is 0.187. The van der Waals surface area contributed by atoms with E-state index in [1.54, 1.807) is 23.1 Å². The van der Waals surface area contributed by atoms with Crippen molar-refractivity contribution in [1.82, 2.24) is 9.78 Å². The maximum atomic E-state index is 14.0. The Morgan fingerprint density at radius 2 is 2.25 bits per heavy atom. The third-order valence-electron chi connectivity index (χ3n) is 2.41. The fraction of sp³-hybridized carbons (Fsp3) is 0.545. The van der Waals surface area contributed by atoms with Gasteiger partial charge in [-0.05, 0) is 19.9 Å². The first-order valence-electron chi connectivity index (χ1n) is 5.07. The first kappa shape index (κ1) is 11.5. The number of rotatable bonds is 3. The Morgan fingerprint density at radius 3 is 2.81 bits per heavy atom. The molecule has 0 aliphatic carbocycles. The van der Waals surface area contributed by atoms with Crippen LogP contribution in [-0.2, 0) is 24.1 Å². The third-order valence-corrected chi connectivity index (χ3v) is 3.59. The largest absolute Gasteiger partial charge is 0.379 e. The van der Waals surface area contributed by atoms with Gasteiger partial charge >= 0.3 is 0 Å². The topological polar surface area (TPSA) is 27.1 Å². The van der Waals surface area contributed by atoms with Crippen LogP contribution in [0.5, 0.6) is 0 Å². The van der Waals surface area contributed by atoms with E-state index in [-0.39, 0.29) is 0 Å². The lowest BCUT2D eigenvalue weighted by atomic mass is 10.1. The summed E-state index contributed by atoms with van der Waals surface area (Å²) in [5.41, 5.74) is -0.908. The number of thiophene rings is 1. The number of hydrogen-bond donors (Lipinski definition) is 0. The second-order valence-electron chi connectivity index (χ2n) is 4.31. The summed E-state index contributed by atoms with van der Waals surface area (Å²) in [5.74, 6) is 0. The quantitative estimate of drug-likeness (QED) is 0.827. The first-order valence-corrected chi connectivity index (χ1v) is 5.89. The Balaban J connectivity index is 2.59. The molecule has 0 radical (unpaired) electrons. The first-order chi connectivity index (χ1) is 7.43. The van der Waals surface area contributed by atoms with Crippen molar-refractivity contribution in [2.45, 2.75) is 26.1 Å². The van der Waals surface area contributed by atoms with Crippen LogP contribution in [0, 0.1) is 0 Å². The summed E-state index contributed by atoms with van der Waals surface area (Å²) in [5, 5.41) is 5.13. The summed E-state index contributed by atoms with van der Waals surface area (Å²) in [4.78, 5) is 2.09. The van der Waals surface area contributed by atoms with Crippen LogP contribution in [0.4, 0.5) is 4.39 Å².